The van der Waals surface area contributed by atoms with Crippen LogP contribution in [0, 0.1) is 0 Å². The van der Waals surface area contributed by atoms with Gasteiger partial charge in [0, 0.05) is 22.4 Å². The quantitative estimate of drug-likeness (QED) is 0.871. The molecule has 0 aliphatic carbocycles. The summed E-state index contributed by atoms with van der Waals surface area (Å²) in [7, 11) is 0. The first-order valence-corrected chi connectivity index (χ1v) is 8.31. The second kappa shape index (κ2) is 7.18. The maximum Gasteiger partial charge on any atom is 0.238 e. The Morgan fingerprint density at radius 2 is 2.29 bits per heavy atom. The lowest BCUT2D eigenvalue weighted by Crippen LogP contribution is -2.38. The molecule has 114 valence electrons. The number of rotatable bonds is 5. The zero-order valence-electron chi connectivity index (χ0n) is 12.1. The Labute approximate surface area is 134 Å². The van der Waals surface area contributed by atoms with Crippen LogP contribution >= 0.6 is 23.4 Å². The normalized spacial score (nSPS) is 18.6. The number of carbonyl (C=O) groups is 2. The van der Waals surface area contributed by atoms with E-state index in [9.17, 15) is 9.59 Å². The van der Waals surface area contributed by atoms with Crippen LogP contribution < -0.4 is 10.6 Å². The number of fused-ring (bicyclic) bond motifs is 1. The second-order valence-electron chi connectivity index (χ2n) is 5.20. The lowest BCUT2D eigenvalue weighted by Gasteiger charge is -2.24. The van der Waals surface area contributed by atoms with E-state index in [-0.39, 0.29) is 24.3 Å². The van der Waals surface area contributed by atoms with E-state index in [0.29, 0.717) is 10.7 Å². The minimum Gasteiger partial charge on any atom is -0.354 e. The average molecular weight is 327 g/mol. The number of nitrogens with one attached hydrogen (secondary N) is 2. The zero-order chi connectivity index (χ0) is 15.4. The van der Waals surface area contributed by atoms with E-state index in [4.69, 9.17) is 11.6 Å². The molecule has 2 amide bonds. The van der Waals surface area contributed by atoms with Crippen LogP contribution in [0.5, 0.6) is 0 Å². The summed E-state index contributed by atoms with van der Waals surface area (Å²) in [5.74, 6) is -0.228. The summed E-state index contributed by atoms with van der Waals surface area (Å²) in [5.41, 5.74) is 0.716. The van der Waals surface area contributed by atoms with Crippen LogP contribution in [0.1, 0.15) is 33.1 Å². The van der Waals surface area contributed by atoms with Gasteiger partial charge in [-0.25, -0.2) is 0 Å². The predicted octanol–water partition coefficient (Wildman–Crippen LogP) is 3.45. The maximum atomic E-state index is 12.1. The Morgan fingerprint density at radius 3 is 3.00 bits per heavy atom. The van der Waals surface area contributed by atoms with Crippen LogP contribution in [0.25, 0.3) is 0 Å². The highest BCUT2D eigenvalue weighted by Gasteiger charge is 2.29. The molecule has 1 aliphatic rings. The highest BCUT2D eigenvalue weighted by Crippen LogP contribution is 2.38. The number of carbonyl (C=O) groups excluding carboxylic acids is 2. The van der Waals surface area contributed by atoms with E-state index in [1.807, 2.05) is 13.0 Å². The highest BCUT2D eigenvalue weighted by atomic mass is 35.5. The largest absolute Gasteiger partial charge is 0.354 e. The number of benzene rings is 1. The number of hydrogen-bond acceptors (Lipinski definition) is 3. The lowest BCUT2D eigenvalue weighted by molar-refractivity contribution is -0.124. The Hall–Kier alpha value is -1.20. The van der Waals surface area contributed by atoms with Crippen molar-refractivity contribution in [2.24, 2.45) is 0 Å². The molecule has 1 aliphatic heterocycles. The fraction of sp³-hybridized carbons (Fsp3) is 0.467. The van der Waals surface area contributed by atoms with Gasteiger partial charge < -0.3 is 10.6 Å². The van der Waals surface area contributed by atoms with Gasteiger partial charge in [-0.2, -0.15) is 0 Å². The summed E-state index contributed by atoms with van der Waals surface area (Å²) in [5, 5.41) is 5.93. The van der Waals surface area contributed by atoms with Crippen molar-refractivity contribution in [2.75, 3.05) is 5.32 Å². The number of halogens is 1. The fourth-order valence-corrected chi connectivity index (χ4v) is 3.53. The second-order valence-corrected chi connectivity index (χ2v) is 6.88. The zero-order valence-corrected chi connectivity index (χ0v) is 13.7. The van der Waals surface area contributed by atoms with E-state index >= 15 is 0 Å². The predicted molar refractivity (Wildman–Crippen MR) is 86.9 cm³/mol. The van der Waals surface area contributed by atoms with Gasteiger partial charge in [-0.05, 0) is 31.5 Å². The molecule has 2 rings (SSSR count). The molecule has 0 saturated carbocycles. The van der Waals surface area contributed by atoms with Gasteiger partial charge in [0.05, 0.1) is 10.9 Å². The Balaban J connectivity index is 1.97. The van der Waals surface area contributed by atoms with Crippen molar-refractivity contribution in [3.8, 4) is 0 Å². The number of hydrogen-bond donors (Lipinski definition) is 2. The average Bonchev–Trinajstić information content (AvgIpc) is 2.40. The van der Waals surface area contributed by atoms with E-state index in [2.05, 4.69) is 17.6 Å². The summed E-state index contributed by atoms with van der Waals surface area (Å²) in [6.07, 6.45) is 2.15. The molecule has 2 atom stereocenters. The number of anilines is 1. The topological polar surface area (TPSA) is 58.2 Å². The van der Waals surface area contributed by atoms with E-state index in [1.54, 1.807) is 12.1 Å². The molecule has 0 radical (unpaired) electrons. The minimum absolute atomic E-state index is 0.0824. The molecule has 0 spiro atoms. The van der Waals surface area contributed by atoms with Crippen LogP contribution in [0.3, 0.4) is 0 Å². The van der Waals surface area contributed by atoms with Crippen molar-refractivity contribution in [2.45, 2.75) is 49.3 Å². The minimum atomic E-state index is -0.396. The third-order valence-corrected chi connectivity index (χ3v) is 4.77. The van der Waals surface area contributed by atoms with Crippen molar-refractivity contribution in [1.82, 2.24) is 5.32 Å². The Kier molecular flexibility index (Phi) is 5.53. The summed E-state index contributed by atoms with van der Waals surface area (Å²) in [6, 6.07) is 5.52. The molecule has 1 aromatic carbocycles. The van der Waals surface area contributed by atoms with Gasteiger partial charge in [0.1, 0.15) is 0 Å². The molecule has 21 heavy (non-hydrogen) atoms. The van der Waals surface area contributed by atoms with E-state index < -0.39 is 5.25 Å². The van der Waals surface area contributed by atoms with Gasteiger partial charge in [0.15, 0.2) is 0 Å². The third-order valence-electron chi connectivity index (χ3n) is 3.26. The molecular weight excluding hydrogens is 308 g/mol. The van der Waals surface area contributed by atoms with Crippen LogP contribution in [-0.4, -0.2) is 23.1 Å². The van der Waals surface area contributed by atoms with Crippen LogP contribution in [0.2, 0.25) is 5.02 Å². The molecule has 4 nitrogen and oxygen atoms in total. The molecular formula is C15H19ClN2O2S. The molecule has 1 heterocycles. The maximum absolute atomic E-state index is 12.1. The van der Waals surface area contributed by atoms with Crippen LogP contribution in [0.15, 0.2) is 23.1 Å². The van der Waals surface area contributed by atoms with Crippen molar-refractivity contribution >= 4 is 40.9 Å². The highest BCUT2D eigenvalue weighted by molar-refractivity contribution is 8.01. The molecule has 6 heteroatoms. The van der Waals surface area contributed by atoms with Crippen molar-refractivity contribution in [1.29, 1.82) is 0 Å². The summed E-state index contributed by atoms with van der Waals surface area (Å²) in [4.78, 5) is 25.0. The van der Waals surface area contributed by atoms with Crippen LogP contribution in [0.4, 0.5) is 5.69 Å². The van der Waals surface area contributed by atoms with Crippen molar-refractivity contribution in [3.63, 3.8) is 0 Å². The molecule has 0 unspecified atom stereocenters. The standard InChI is InChI=1S/C15H19ClN2O2S/c1-3-4-9(2)17-14(19)8-13-15(20)18-11-7-10(16)5-6-12(11)21-13/h5-7,9,13H,3-4,8H2,1-2H3,(H,17,19)(H,18,20)/t9-,13+/m0/s1. The lowest BCUT2D eigenvalue weighted by atomic mass is 10.2. The summed E-state index contributed by atoms with van der Waals surface area (Å²) < 4.78 is 0. The Morgan fingerprint density at radius 1 is 1.52 bits per heavy atom. The molecule has 0 saturated heterocycles. The third kappa shape index (κ3) is 4.38. The first-order valence-electron chi connectivity index (χ1n) is 7.06. The molecule has 0 fully saturated rings. The van der Waals surface area contributed by atoms with Gasteiger partial charge in [-0.15, -0.1) is 11.8 Å². The first-order chi connectivity index (χ1) is 9.99. The summed E-state index contributed by atoms with van der Waals surface area (Å²) in [6.45, 7) is 4.06. The van der Waals surface area contributed by atoms with E-state index in [1.165, 1.54) is 11.8 Å². The first kappa shape index (κ1) is 16.2. The van der Waals surface area contributed by atoms with Gasteiger partial charge in [0.2, 0.25) is 11.8 Å². The van der Waals surface area contributed by atoms with Gasteiger partial charge >= 0.3 is 0 Å². The SMILES string of the molecule is CCC[C@H](C)NC(=O)C[C@H]1Sc2ccc(Cl)cc2NC1=O. The van der Waals surface area contributed by atoms with Gasteiger partial charge in [-0.3, -0.25) is 9.59 Å². The van der Waals surface area contributed by atoms with E-state index in [0.717, 1.165) is 17.7 Å². The molecule has 2 N–H and O–H groups in total. The Bertz CT molecular complexity index is 550. The van der Waals surface area contributed by atoms with Crippen molar-refractivity contribution in [3.05, 3.63) is 23.2 Å². The molecule has 1 aromatic rings. The van der Waals surface area contributed by atoms with Crippen LogP contribution in [-0.2, 0) is 9.59 Å². The van der Waals surface area contributed by atoms with Gasteiger partial charge in [-0.1, -0.05) is 24.9 Å². The number of amides is 2. The van der Waals surface area contributed by atoms with Gasteiger partial charge in [0.25, 0.3) is 0 Å². The molecule has 0 aromatic heterocycles. The monoisotopic (exact) mass is 326 g/mol. The summed E-state index contributed by atoms with van der Waals surface area (Å²) >= 11 is 7.32. The molecule has 0 bridgehead atoms. The smallest absolute Gasteiger partial charge is 0.238 e. The fourth-order valence-electron chi connectivity index (χ4n) is 2.26. The van der Waals surface area contributed by atoms with Crippen molar-refractivity contribution < 1.29 is 9.59 Å². The number of thioether (sulfide) groups is 1.